The summed E-state index contributed by atoms with van der Waals surface area (Å²) in [6.07, 6.45) is 27.4. The van der Waals surface area contributed by atoms with Gasteiger partial charge in [-0.3, -0.25) is 4.79 Å². The molecule has 0 aromatic carbocycles. The average Bonchev–Trinajstić information content (AvgIpc) is 2.82. The zero-order valence-corrected chi connectivity index (χ0v) is 24.3. The standard InChI is InChI=1S/C31H64N2O/c1-6-9-12-15-16-17-18-21-27-32-31(34)30(26-28-33(4)5)25-24-29(22-19-13-10-7-2)23-20-14-11-8-3/h29-30H,6-28H2,1-5H3,(H,32,34). The van der Waals surface area contributed by atoms with Crippen LogP contribution in [0.25, 0.3) is 0 Å². The molecule has 0 heterocycles. The highest BCUT2D eigenvalue weighted by atomic mass is 16.1. The lowest BCUT2D eigenvalue weighted by molar-refractivity contribution is -0.125. The largest absolute Gasteiger partial charge is 0.356 e. The lowest BCUT2D eigenvalue weighted by atomic mass is 9.86. The van der Waals surface area contributed by atoms with E-state index in [1.54, 1.807) is 0 Å². The van der Waals surface area contributed by atoms with Gasteiger partial charge in [-0.05, 0) is 52.2 Å². The van der Waals surface area contributed by atoms with Gasteiger partial charge in [0, 0.05) is 12.5 Å². The molecule has 1 atom stereocenters. The van der Waals surface area contributed by atoms with Crippen molar-refractivity contribution < 1.29 is 4.79 Å². The summed E-state index contributed by atoms with van der Waals surface area (Å²) in [5.41, 5.74) is 0. The van der Waals surface area contributed by atoms with Crippen LogP contribution in [0.15, 0.2) is 0 Å². The van der Waals surface area contributed by atoms with Crippen LogP contribution in [0.3, 0.4) is 0 Å². The first kappa shape index (κ1) is 33.4. The lowest BCUT2D eigenvalue weighted by Gasteiger charge is -2.23. The first-order valence-electron chi connectivity index (χ1n) is 15.5. The molecule has 3 nitrogen and oxygen atoms in total. The highest BCUT2D eigenvalue weighted by Gasteiger charge is 2.20. The van der Waals surface area contributed by atoms with E-state index in [2.05, 4.69) is 45.1 Å². The van der Waals surface area contributed by atoms with Gasteiger partial charge in [0.1, 0.15) is 0 Å². The summed E-state index contributed by atoms with van der Waals surface area (Å²) >= 11 is 0. The number of hydrogen-bond acceptors (Lipinski definition) is 2. The Hall–Kier alpha value is -0.570. The SMILES string of the molecule is CCCCCCCCCCNC(=O)C(CCC(CCCCCC)CCCCCC)CCN(C)C. The topological polar surface area (TPSA) is 32.3 Å². The van der Waals surface area contributed by atoms with Gasteiger partial charge in [-0.25, -0.2) is 0 Å². The predicted molar refractivity (Wildman–Crippen MR) is 153 cm³/mol. The van der Waals surface area contributed by atoms with Gasteiger partial charge in [0.15, 0.2) is 0 Å². The fourth-order valence-corrected chi connectivity index (χ4v) is 5.02. The Morgan fingerprint density at radius 1 is 0.588 bits per heavy atom. The van der Waals surface area contributed by atoms with E-state index in [-0.39, 0.29) is 5.92 Å². The van der Waals surface area contributed by atoms with Crippen molar-refractivity contribution in [1.82, 2.24) is 10.2 Å². The number of unbranched alkanes of at least 4 members (excludes halogenated alkanes) is 13. The van der Waals surface area contributed by atoms with Crippen LogP contribution in [0.1, 0.15) is 156 Å². The minimum absolute atomic E-state index is 0.185. The maximum absolute atomic E-state index is 13.0. The zero-order chi connectivity index (χ0) is 25.3. The van der Waals surface area contributed by atoms with Crippen LogP contribution >= 0.6 is 0 Å². The number of nitrogens with one attached hydrogen (secondary N) is 1. The molecule has 34 heavy (non-hydrogen) atoms. The highest BCUT2D eigenvalue weighted by molar-refractivity contribution is 5.78. The van der Waals surface area contributed by atoms with Crippen molar-refractivity contribution in [3.8, 4) is 0 Å². The van der Waals surface area contributed by atoms with E-state index in [9.17, 15) is 4.79 Å². The van der Waals surface area contributed by atoms with Crippen LogP contribution in [-0.4, -0.2) is 38.0 Å². The molecule has 0 saturated carbocycles. The molecule has 0 spiro atoms. The number of amides is 1. The molecule has 0 rings (SSSR count). The Balaban J connectivity index is 4.45. The molecule has 0 saturated heterocycles. The minimum Gasteiger partial charge on any atom is -0.356 e. The Morgan fingerprint density at radius 3 is 1.56 bits per heavy atom. The van der Waals surface area contributed by atoms with Gasteiger partial charge in [-0.2, -0.15) is 0 Å². The molecule has 0 aromatic heterocycles. The van der Waals surface area contributed by atoms with Gasteiger partial charge in [-0.1, -0.05) is 130 Å². The first-order chi connectivity index (χ1) is 16.5. The molecular weight excluding hydrogens is 416 g/mol. The molecular formula is C31H64N2O. The summed E-state index contributed by atoms with van der Waals surface area (Å²) in [5, 5.41) is 3.30. The summed E-state index contributed by atoms with van der Waals surface area (Å²) in [4.78, 5) is 15.3. The number of carbonyl (C=O) groups excluding carboxylic acids is 1. The minimum atomic E-state index is 0.185. The third kappa shape index (κ3) is 21.9. The third-order valence-corrected chi connectivity index (χ3v) is 7.48. The van der Waals surface area contributed by atoms with Crippen molar-refractivity contribution in [3.63, 3.8) is 0 Å². The van der Waals surface area contributed by atoms with Crippen molar-refractivity contribution in [2.75, 3.05) is 27.2 Å². The van der Waals surface area contributed by atoms with Crippen LogP contribution in [0.2, 0.25) is 0 Å². The van der Waals surface area contributed by atoms with Crippen molar-refractivity contribution in [3.05, 3.63) is 0 Å². The Labute approximate surface area is 215 Å². The molecule has 0 fully saturated rings. The van der Waals surface area contributed by atoms with E-state index in [0.29, 0.717) is 5.91 Å². The summed E-state index contributed by atoms with van der Waals surface area (Å²) < 4.78 is 0. The summed E-state index contributed by atoms with van der Waals surface area (Å²) in [6, 6.07) is 0. The lowest BCUT2D eigenvalue weighted by Crippen LogP contribution is -2.33. The molecule has 0 aliphatic carbocycles. The van der Waals surface area contributed by atoms with Gasteiger partial charge in [0.2, 0.25) is 5.91 Å². The van der Waals surface area contributed by atoms with Crippen molar-refractivity contribution in [2.45, 2.75) is 156 Å². The fraction of sp³-hybridized carbons (Fsp3) is 0.968. The molecule has 0 bridgehead atoms. The first-order valence-corrected chi connectivity index (χ1v) is 15.5. The average molecular weight is 481 g/mol. The predicted octanol–water partition coefficient (Wildman–Crippen LogP) is 9.15. The summed E-state index contributed by atoms with van der Waals surface area (Å²) in [7, 11) is 4.25. The van der Waals surface area contributed by atoms with Crippen molar-refractivity contribution in [1.29, 1.82) is 0 Å². The number of nitrogens with zero attached hydrogens (tertiary/aromatic N) is 1. The maximum Gasteiger partial charge on any atom is 0.223 e. The van der Waals surface area contributed by atoms with Gasteiger partial charge in [-0.15, -0.1) is 0 Å². The second-order valence-corrected chi connectivity index (χ2v) is 11.2. The molecule has 1 unspecified atom stereocenters. The van der Waals surface area contributed by atoms with Gasteiger partial charge in [0.05, 0.1) is 0 Å². The molecule has 0 aliphatic rings. The molecule has 0 radical (unpaired) electrons. The van der Waals surface area contributed by atoms with E-state index < -0.39 is 0 Å². The molecule has 1 N–H and O–H groups in total. The van der Waals surface area contributed by atoms with E-state index in [1.807, 2.05) is 0 Å². The van der Waals surface area contributed by atoms with Gasteiger partial charge < -0.3 is 10.2 Å². The quantitative estimate of drug-likeness (QED) is 0.125. The van der Waals surface area contributed by atoms with Crippen LogP contribution in [0, 0.1) is 11.8 Å². The number of hydrogen-bond donors (Lipinski definition) is 1. The van der Waals surface area contributed by atoms with Crippen molar-refractivity contribution >= 4 is 5.91 Å². The molecule has 0 aromatic rings. The smallest absolute Gasteiger partial charge is 0.223 e. The summed E-state index contributed by atoms with van der Waals surface area (Å²) in [6.45, 7) is 8.74. The highest BCUT2D eigenvalue weighted by Crippen LogP contribution is 2.26. The van der Waals surface area contributed by atoms with E-state index in [4.69, 9.17) is 0 Å². The van der Waals surface area contributed by atoms with E-state index in [0.717, 1.165) is 38.3 Å². The third-order valence-electron chi connectivity index (χ3n) is 7.48. The zero-order valence-electron chi connectivity index (χ0n) is 24.3. The normalized spacial score (nSPS) is 12.6. The number of rotatable bonds is 26. The van der Waals surface area contributed by atoms with Crippen LogP contribution in [-0.2, 0) is 4.79 Å². The Morgan fingerprint density at radius 2 is 1.06 bits per heavy atom. The molecule has 204 valence electrons. The van der Waals surface area contributed by atoms with Crippen LogP contribution in [0.4, 0.5) is 0 Å². The maximum atomic E-state index is 13.0. The Kier molecular flexibility index (Phi) is 25.1. The number of carbonyl (C=O) groups is 1. The van der Waals surface area contributed by atoms with E-state index >= 15 is 0 Å². The van der Waals surface area contributed by atoms with Crippen LogP contribution < -0.4 is 5.32 Å². The molecule has 3 heteroatoms. The van der Waals surface area contributed by atoms with Crippen molar-refractivity contribution in [2.24, 2.45) is 11.8 Å². The monoisotopic (exact) mass is 481 g/mol. The second kappa shape index (κ2) is 25.5. The fourth-order valence-electron chi connectivity index (χ4n) is 5.02. The van der Waals surface area contributed by atoms with E-state index in [1.165, 1.54) is 116 Å². The summed E-state index contributed by atoms with van der Waals surface area (Å²) in [5.74, 6) is 1.32. The molecule has 0 aliphatic heterocycles. The Bertz CT molecular complexity index is 412. The molecule has 1 amide bonds. The van der Waals surface area contributed by atoms with Crippen LogP contribution in [0.5, 0.6) is 0 Å². The second-order valence-electron chi connectivity index (χ2n) is 11.2. The van der Waals surface area contributed by atoms with Gasteiger partial charge in [0.25, 0.3) is 0 Å². The van der Waals surface area contributed by atoms with Gasteiger partial charge >= 0.3 is 0 Å².